The maximum absolute atomic E-state index is 10.5. The molecule has 2 nitrogen and oxygen atoms in total. The molecule has 0 amide bonds. The van der Waals surface area contributed by atoms with Crippen molar-refractivity contribution in [1.82, 2.24) is 0 Å². The molecule has 0 fully saturated rings. The number of halogens is 1. The van der Waals surface area contributed by atoms with Gasteiger partial charge in [-0.2, -0.15) is 0 Å². The van der Waals surface area contributed by atoms with E-state index in [2.05, 4.69) is 50.4 Å². The fourth-order valence-corrected chi connectivity index (χ4v) is 2.32. The Hall–Kier alpha value is -1.35. The molecule has 2 rings (SSSR count). The number of aryl methyl sites for hydroxylation is 2. The van der Waals surface area contributed by atoms with E-state index in [1.807, 2.05) is 24.3 Å². The number of nitrogens with two attached hydrogens (primary N) is 1. The second-order valence-corrected chi connectivity index (χ2v) is 5.57. The van der Waals surface area contributed by atoms with Gasteiger partial charge in [-0.25, -0.2) is 0 Å². The monoisotopic (exact) mass is 305 g/mol. The number of hydrogen-bond donors (Lipinski definition) is 2. The number of quaternary nitrogens is 1. The second kappa shape index (κ2) is 8.18. The summed E-state index contributed by atoms with van der Waals surface area (Å²) in [5.74, 6) is 0. The van der Waals surface area contributed by atoms with Gasteiger partial charge in [-0.1, -0.05) is 48.5 Å². The molecule has 0 aliphatic carbocycles. The number of aliphatic hydroxyl groups excluding tert-OH is 1. The van der Waals surface area contributed by atoms with Crippen molar-refractivity contribution in [3.63, 3.8) is 0 Å². The van der Waals surface area contributed by atoms with Crippen molar-refractivity contribution in [2.75, 3.05) is 0 Å². The Labute approximate surface area is 133 Å². The highest BCUT2D eigenvalue weighted by atomic mass is 35.5. The molecule has 0 spiro atoms. The van der Waals surface area contributed by atoms with Crippen molar-refractivity contribution >= 4 is 0 Å². The van der Waals surface area contributed by atoms with E-state index in [0.29, 0.717) is 0 Å². The molecule has 114 valence electrons. The summed E-state index contributed by atoms with van der Waals surface area (Å²) in [6, 6.07) is 16.7. The van der Waals surface area contributed by atoms with Crippen LogP contribution in [0.25, 0.3) is 0 Å². The topological polar surface area (TPSA) is 36.8 Å². The van der Waals surface area contributed by atoms with Gasteiger partial charge in [0.1, 0.15) is 18.7 Å². The van der Waals surface area contributed by atoms with Crippen molar-refractivity contribution in [2.45, 2.75) is 39.5 Å². The Morgan fingerprint density at radius 2 is 1.67 bits per heavy atom. The summed E-state index contributed by atoms with van der Waals surface area (Å²) in [4.78, 5) is 0. The maximum atomic E-state index is 10.5. The summed E-state index contributed by atoms with van der Waals surface area (Å²) < 4.78 is 0. The van der Waals surface area contributed by atoms with Gasteiger partial charge < -0.3 is 22.8 Å². The normalized spacial score (nSPS) is 13.3. The number of rotatable bonds is 5. The molecule has 0 saturated heterocycles. The number of hydrogen-bond acceptors (Lipinski definition) is 1. The molecule has 0 heterocycles. The summed E-state index contributed by atoms with van der Waals surface area (Å²) in [5.41, 5.74) is 4.79. The summed E-state index contributed by atoms with van der Waals surface area (Å²) >= 11 is 0. The van der Waals surface area contributed by atoms with Crippen LogP contribution in [0.15, 0.2) is 48.5 Å². The summed E-state index contributed by atoms with van der Waals surface area (Å²) in [7, 11) is 0. The largest absolute Gasteiger partial charge is 1.00 e. The molecule has 2 aromatic carbocycles. The van der Waals surface area contributed by atoms with Crippen molar-refractivity contribution in [2.24, 2.45) is 0 Å². The van der Waals surface area contributed by atoms with E-state index in [1.54, 1.807) is 0 Å². The summed E-state index contributed by atoms with van der Waals surface area (Å²) in [5, 5.41) is 12.6. The minimum Gasteiger partial charge on any atom is -1.00 e. The lowest BCUT2D eigenvalue weighted by atomic mass is 9.99. The molecule has 0 aromatic heterocycles. The van der Waals surface area contributed by atoms with Crippen LogP contribution in [-0.4, -0.2) is 11.1 Å². The minimum absolute atomic E-state index is 0. The predicted octanol–water partition coefficient (Wildman–Crippen LogP) is -0.507. The summed E-state index contributed by atoms with van der Waals surface area (Å²) in [6.07, 6.45) is -0.432. The van der Waals surface area contributed by atoms with Crippen molar-refractivity contribution in [3.05, 3.63) is 70.8 Å². The van der Waals surface area contributed by atoms with Crippen LogP contribution in [0.4, 0.5) is 0 Å². The third kappa shape index (κ3) is 4.85. The molecule has 0 bridgehead atoms. The van der Waals surface area contributed by atoms with Crippen molar-refractivity contribution in [3.8, 4) is 0 Å². The van der Waals surface area contributed by atoms with Gasteiger partial charge in [0.25, 0.3) is 0 Å². The molecule has 3 N–H and O–H groups in total. The molecular weight excluding hydrogens is 282 g/mol. The average Bonchev–Trinajstić information content (AvgIpc) is 2.48. The zero-order chi connectivity index (χ0) is 14.5. The fourth-order valence-electron chi connectivity index (χ4n) is 2.32. The first-order chi connectivity index (χ1) is 9.58. The highest BCUT2D eigenvalue weighted by molar-refractivity contribution is 5.31. The molecule has 0 saturated carbocycles. The third-order valence-corrected chi connectivity index (χ3v) is 3.94. The fraction of sp³-hybridized carbons (Fsp3) is 0.333. The molecule has 0 radical (unpaired) electrons. The quantitative estimate of drug-likeness (QED) is 0.767. The zero-order valence-electron chi connectivity index (χ0n) is 12.9. The van der Waals surface area contributed by atoms with E-state index in [9.17, 15) is 5.11 Å². The number of aliphatic hydroxyl groups is 1. The van der Waals surface area contributed by atoms with Crippen LogP contribution in [0, 0.1) is 13.8 Å². The van der Waals surface area contributed by atoms with E-state index in [4.69, 9.17) is 0 Å². The SMILES string of the molecule is Cc1ccc(C(O)C(C)[NH2+]Cc2ccccc2)cc1C.[Cl-]. The van der Waals surface area contributed by atoms with Crippen LogP contribution >= 0.6 is 0 Å². The van der Waals surface area contributed by atoms with Gasteiger partial charge in [-0.3, -0.25) is 0 Å². The van der Waals surface area contributed by atoms with Crippen LogP contribution < -0.4 is 17.7 Å². The van der Waals surface area contributed by atoms with E-state index in [0.717, 1.165) is 12.1 Å². The molecule has 0 aliphatic heterocycles. The Bertz CT molecular complexity index is 556. The lowest BCUT2D eigenvalue weighted by Crippen LogP contribution is -3.00. The minimum atomic E-state index is -0.432. The standard InChI is InChI=1S/C18H23NO.ClH/c1-13-9-10-17(11-14(13)2)18(20)15(3)19-12-16-7-5-4-6-8-16;/h4-11,15,18-20H,12H2,1-3H3;1H. The van der Waals surface area contributed by atoms with Gasteiger partial charge in [-0.05, 0) is 37.5 Å². The molecule has 3 heteroatoms. The van der Waals surface area contributed by atoms with Crippen LogP contribution in [-0.2, 0) is 6.54 Å². The lowest BCUT2D eigenvalue weighted by Gasteiger charge is -2.18. The van der Waals surface area contributed by atoms with Gasteiger partial charge in [0.05, 0.1) is 0 Å². The van der Waals surface area contributed by atoms with Gasteiger partial charge in [0.2, 0.25) is 0 Å². The van der Waals surface area contributed by atoms with Crippen molar-refractivity contribution in [1.29, 1.82) is 0 Å². The Kier molecular flexibility index (Phi) is 6.90. The van der Waals surface area contributed by atoms with Gasteiger partial charge in [-0.15, -0.1) is 0 Å². The van der Waals surface area contributed by atoms with Crippen LogP contribution in [0.2, 0.25) is 0 Å². The number of benzene rings is 2. The first kappa shape index (κ1) is 17.7. The smallest absolute Gasteiger partial charge is 0.130 e. The van der Waals surface area contributed by atoms with E-state index >= 15 is 0 Å². The van der Waals surface area contributed by atoms with Crippen LogP contribution in [0.5, 0.6) is 0 Å². The Morgan fingerprint density at radius 3 is 2.29 bits per heavy atom. The van der Waals surface area contributed by atoms with Gasteiger partial charge >= 0.3 is 0 Å². The van der Waals surface area contributed by atoms with Crippen molar-refractivity contribution < 1.29 is 22.8 Å². The Balaban J connectivity index is 0.00000220. The van der Waals surface area contributed by atoms with E-state index in [-0.39, 0.29) is 18.4 Å². The third-order valence-electron chi connectivity index (χ3n) is 3.94. The predicted molar refractivity (Wildman–Crippen MR) is 82.4 cm³/mol. The van der Waals surface area contributed by atoms with Crippen LogP contribution in [0.3, 0.4) is 0 Å². The second-order valence-electron chi connectivity index (χ2n) is 5.57. The first-order valence-electron chi connectivity index (χ1n) is 7.20. The van der Waals surface area contributed by atoms with E-state index < -0.39 is 6.10 Å². The molecule has 2 aromatic rings. The lowest BCUT2D eigenvalue weighted by molar-refractivity contribution is -0.709. The Morgan fingerprint density at radius 1 is 1.00 bits per heavy atom. The van der Waals surface area contributed by atoms with Crippen LogP contribution in [0.1, 0.15) is 35.3 Å². The molecule has 2 atom stereocenters. The zero-order valence-corrected chi connectivity index (χ0v) is 13.6. The average molecular weight is 306 g/mol. The molecule has 0 aliphatic rings. The molecular formula is C18H24ClNO. The highest BCUT2D eigenvalue weighted by Crippen LogP contribution is 2.18. The maximum Gasteiger partial charge on any atom is 0.130 e. The van der Waals surface area contributed by atoms with Gasteiger partial charge in [0.15, 0.2) is 0 Å². The van der Waals surface area contributed by atoms with Gasteiger partial charge in [0, 0.05) is 5.56 Å². The first-order valence-corrected chi connectivity index (χ1v) is 7.20. The molecule has 2 unspecified atom stereocenters. The molecule has 21 heavy (non-hydrogen) atoms. The summed E-state index contributed by atoms with van der Waals surface area (Å²) in [6.45, 7) is 7.15. The van der Waals surface area contributed by atoms with E-state index in [1.165, 1.54) is 16.7 Å². The highest BCUT2D eigenvalue weighted by Gasteiger charge is 2.19.